The molecule has 0 aromatic heterocycles. The summed E-state index contributed by atoms with van der Waals surface area (Å²) in [5, 5.41) is 0. The average molecular weight is 179 g/mol. The first-order chi connectivity index (χ1) is 4.95. The molecule has 6 heteroatoms. The van der Waals surface area contributed by atoms with E-state index in [9.17, 15) is 8.42 Å². The van der Waals surface area contributed by atoms with Crippen LogP contribution in [0.5, 0.6) is 0 Å². The van der Waals surface area contributed by atoms with Gasteiger partial charge >= 0.3 is 0 Å². The van der Waals surface area contributed by atoms with Crippen molar-refractivity contribution in [3.8, 4) is 0 Å². The average Bonchev–Trinajstić information content (AvgIpc) is 1.79. The molecule has 0 bridgehead atoms. The molecule has 0 aliphatic heterocycles. The zero-order valence-electron chi connectivity index (χ0n) is 6.66. The van der Waals surface area contributed by atoms with E-state index in [0.29, 0.717) is 6.54 Å². The van der Waals surface area contributed by atoms with E-state index in [4.69, 9.17) is 5.73 Å². The Kier molecular flexibility index (Phi) is 3.88. The number of guanidine groups is 1. The summed E-state index contributed by atoms with van der Waals surface area (Å²) in [6, 6.07) is 0. The molecule has 0 aromatic carbocycles. The highest BCUT2D eigenvalue weighted by Gasteiger charge is 2.00. The van der Waals surface area contributed by atoms with Crippen LogP contribution in [0.25, 0.3) is 0 Å². The summed E-state index contributed by atoms with van der Waals surface area (Å²) < 4.78 is 23.1. The van der Waals surface area contributed by atoms with Crippen molar-refractivity contribution in [3.63, 3.8) is 0 Å². The Hall–Kier alpha value is -0.780. The van der Waals surface area contributed by atoms with E-state index in [1.165, 1.54) is 0 Å². The van der Waals surface area contributed by atoms with Gasteiger partial charge in [-0.05, 0) is 6.42 Å². The van der Waals surface area contributed by atoms with Crippen LogP contribution in [0.4, 0.5) is 0 Å². The predicted octanol–water partition coefficient (Wildman–Crippen LogP) is -0.740. The lowest BCUT2D eigenvalue weighted by Crippen LogP contribution is -2.36. The van der Waals surface area contributed by atoms with Crippen LogP contribution in [0.1, 0.15) is 13.3 Å². The molecule has 0 aromatic rings. The summed E-state index contributed by atoms with van der Waals surface area (Å²) in [4.78, 5) is 3.73. The second-order valence-electron chi connectivity index (χ2n) is 2.14. The fourth-order valence-electron chi connectivity index (χ4n) is 0.454. The molecule has 0 aliphatic carbocycles. The molecule has 0 radical (unpaired) electrons. The van der Waals surface area contributed by atoms with Crippen LogP contribution >= 0.6 is 0 Å². The third-order valence-corrected chi connectivity index (χ3v) is 1.38. The fourth-order valence-corrected chi connectivity index (χ4v) is 0.899. The smallest absolute Gasteiger partial charge is 0.232 e. The van der Waals surface area contributed by atoms with Crippen LogP contribution in [-0.4, -0.2) is 27.2 Å². The lowest BCUT2D eigenvalue weighted by molar-refractivity contribution is 0.598. The van der Waals surface area contributed by atoms with Gasteiger partial charge in [0.1, 0.15) is 0 Å². The molecule has 0 saturated heterocycles. The van der Waals surface area contributed by atoms with Crippen molar-refractivity contribution in [2.75, 3.05) is 12.8 Å². The molecule has 0 atom stereocenters. The van der Waals surface area contributed by atoms with Crippen LogP contribution in [0.15, 0.2) is 4.99 Å². The van der Waals surface area contributed by atoms with Crippen LogP contribution in [0, 0.1) is 0 Å². The summed E-state index contributed by atoms with van der Waals surface area (Å²) >= 11 is 0. The van der Waals surface area contributed by atoms with E-state index in [-0.39, 0.29) is 5.96 Å². The Balaban J connectivity index is 3.97. The lowest BCUT2D eigenvalue weighted by Gasteiger charge is -2.00. The molecular formula is C5H13N3O2S. The summed E-state index contributed by atoms with van der Waals surface area (Å²) in [7, 11) is -3.26. The highest BCUT2D eigenvalue weighted by Crippen LogP contribution is 1.78. The summed E-state index contributed by atoms with van der Waals surface area (Å²) in [6.45, 7) is 2.46. The maximum absolute atomic E-state index is 10.5. The molecule has 0 heterocycles. The highest BCUT2D eigenvalue weighted by atomic mass is 32.2. The Morgan fingerprint density at radius 3 is 2.55 bits per heavy atom. The zero-order chi connectivity index (χ0) is 8.91. The normalized spacial score (nSPS) is 13.1. The molecule has 0 amide bonds. The molecule has 0 unspecified atom stereocenters. The standard InChI is InChI=1S/C5H13N3O2S/c1-3-4-7-5(6)8-11(2,9)10/h3-4H2,1-2H3,(H3,6,7,8). The Morgan fingerprint density at radius 1 is 1.64 bits per heavy atom. The third kappa shape index (κ3) is 7.11. The monoisotopic (exact) mass is 179 g/mol. The van der Waals surface area contributed by atoms with Gasteiger partial charge in [-0.2, -0.15) is 0 Å². The number of hydrogen-bond donors (Lipinski definition) is 2. The zero-order valence-corrected chi connectivity index (χ0v) is 7.48. The van der Waals surface area contributed by atoms with Crippen molar-refractivity contribution in [2.24, 2.45) is 10.7 Å². The van der Waals surface area contributed by atoms with Crippen molar-refractivity contribution >= 4 is 16.0 Å². The fraction of sp³-hybridized carbons (Fsp3) is 0.800. The lowest BCUT2D eigenvalue weighted by atomic mass is 10.5. The van der Waals surface area contributed by atoms with Gasteiger partial charge < -0.3 is 5.73 Å². The van der Waals surface area contributed by atoms with Crippen molar-refractivity contribution in [2.45, 2.75) is 13.3 Å². The predicted molar refractivity (Wildman–Crippen MR) is 44.8 cm³/mol. The second-order valence-corrected chi connectivity index (χ2v) is 3.89. The largest absolute Gasteiger partial charge is 0.369 e. The molecule has 0 rings (SSSR count). The second kappa shape index (κ2) is 4.17. The Bertz CT molecular complexity index is 232. The van der Waals surface area contributed by atoms with Gasteiger partial charge in [0.15, 0.2) is 0 Å². The molecule has 0 aliphatic rings. The van der Waals surface area contributed by atoms with Gasteiger partial charge in [-0.15, -0.1) is 0 Å². The molecular weight excluding hydrogens is 166 g/mol. The van der Waals surface area contributed by atoms with Crippen LogP contribution < -0.4 is 10.5 Å². The van der Waals surface area contributed by atoms with E-state index in [1.54, 1.807) is 0 Å². The van der Waals surface area contributed by atoms with Crippen molar-refractivity contribution < 1.29 is 8.42 Å². The number of aliphatic imine (C=N–C) groups is 1. The maximum atomic E-state index is 10.5. The topological polar surface area (TPSA) is 84.5 Å². The molecule has 11 heavy (non-hydrogen) atoms. The first kappa shape index (κ1) is 10.2. The molecule has 0 fully saturated rings. The van der Waals surface area contributed by atoms with Crippen LogP contribution in [0.3, 0.4) is 0 Å². The quantitative estimate of drug-likeness (QED) is 0.442. The minimum atomic E-state index is -3.26. The Labute approximate surface area is 66.7 Å². The van der Waals surface area contributed by atoms with Gasteiger partial charge in [0.2, 0.25) is 16.0 Å². The highest BCUT2D eigenvalue weighted by molar-refractivity contribution is 7.89. The number of rotatable bonds is 3. The van der Waals surface area contributed by atoms with Crippen LogP contribution in [0.2, 0.25) is 0 Å². The number of hydrogen-bond acceptors (Lipinski definition) is 3. The molecule has 0 spiro atoms. The number of nitrogens with one attached hydrogen (secondary N) is 1. The maximum Gasteiger partial charge on any atom is 0.232 e. The minimum Gasteiger partial charge on any atom is -0.369 e. The van der Waals surface area contributed by atoms with E-state index in [1.807, 2.05) is 6.92 Å². The third-order valence-electron chi connectivity index (χ3n) is 0.796. The van der Waals surface area contributed by atoms with Gasteiger partial charge in [-0.25, -0.2) is 8.42 Å². The van der Waals surface area contributed by atoms with Gasteiger partial charge in [-0.1, -0.05) is 6.92 Å². The van der Waals surface area contributed by atoms with Crippen LogP contribution in [-0.2, 0) is 10.0 Å². The van der Waals surface area contributed by atoms with E-state index in [2.05, 4.69) is 9.71 Å². The van der Waals surface area contributed by atoms with Crippen molar-refractivity contribution in [1.29, 1.82) is 0 Å². The molecule has 5 nitrogen and oxygen atoms in total. The summed E-state index contributed by atoms with van der Waals surface area (Å²) in [5.41, 5.74) is 5.21. The first-order valence-electron chi connectivity index (χ1n) is 3.23. The van der Waals surface area contributed by atoms with Crippen molar-refractivity contribution in [1.82, 2.24) is 4.72 Å². The SMILES string of the molecule is CCCN=C(N)NS(C)(=O)=O. The van der Waals surface area contributed by atoms with Gasteiger partial charge in [0.05, 0.1) is 6.26 Å². The number of nitrogens with zero attached hydrogens (tertiary/aromatic N) is 1. The van der Waals surface area contributed by atoms with E-state index >= 15 is 0 Å². The number of nitrogens with two attached hydrogens (primary N) is 1. The van der Waals surface area contributed by atoms with Gasteiger partial charge in [0.25, 0.3) is 0 Å². The number of sulfonamides is 1. The first-order valence-corrected chi connectivity index (χ1v) is 5.12. The molecule has 0 saturated carbocycles. The Morgan fingerprint density at radius 2 is 2.18 bits per heavy atom. The molecule has 3 N–H and O–H groups in total. The van der Waals surface area contributed by atoms with Gasteiger partial charge in [-0.3, -0.25) is 9.71 Å². The van der Waals surface area contributed by atoms with E-state index in [0.717, 1.165) is 12.7 Å². The van der Waals surface area contributed by atoms with E-state index < -0.39 is 10.0 Å². The molecule has 66 valence electrons. The van der Waals surface area contributed by atoms with Gasteiger partial charge in [0, 0.05) is 6.54 Å². The summed E-state index contributed by atoms with van der Waals surface area (Å²) in [6.07, 6.45) is 1.87. The minimum absolute atomic E-state index is 0.0469. The van der Waals surface area contributed by atoms with Crippen molar-refractivity contribution in [3.05, 3.63) is 0 Å². The summed E-state index contributed by atoms with van der Waals surface area (Å²) in [5.74, 6) is -0.0469.